The lowest BCUT2D eigenvalue weighted by atomic mass is 9.93. The van der Waals surface area contributed by atoms with Crippen LogP contribution in [0.25, 0.3) is 33.2 Å². The number of methoxy groups -OCH3 is 2. The molecular formula is C21H25N7O2. The number of aryl methyl sites for hydroxylation is 1. The summed E-state index contributed by atoms with van der Waals surface area (Å²) in [5.41, 5.74) is 3.70. The largest absolute Gasteiger partial charge is 0.480 e. The van der Waals surface area contributed by atoms with Gasteiger partial charge >= 0.3 is 0 Å². The zero-order valence-electron chi connectivity index (χ0n) is 19.8. The van der Waals surface area contributed by atoms with E-state index in [4.69, 9.17) is 13.6 Å². The fourth-order valence-electron chi connectivity index (χ4n) is 4.19. The molecule has 0 bridgehead atoms. The first-order chi connectivity index (χ1) is 15.8. The smallest absolute Gasteiger partial charge is 0.228 e. The molecule has 156 valence electrons. The van der Waals surface area contributed by atoms with Gasteiger partial charge in [-0.25, -0.2) is 4.68 Å². The highest BCUT2D eigenvalue weighted by Crippen LogP contribution is 2.35. The standard InChI is InChI=1S/C21H25N7O2/c1-28-17-10-12(4-9-16(17)26-27-28)15-11-22-19-18(15)20(30-3)25-21(24-19)23-13-5-7-14(29-2)8-6-13/h4,9-11,13-14H,5-8H2,1-3H3,(H2,22,23,24,25)/t13-,14+/i3D3. The van der Waals surface area contributed by atoms with E-state index in [0.717, 1.165) is 47.8 Å². The minimum atomic E-state index is -2.65. The molecule has 1 aliphatic carbocycles. The summed E-state index contributed by atoms with van der Waals surface area (Å²) in [6.45, 7) is 0. The van der Waals surface area contributed by atoms with Crippen LogP contribution in [-0.4, -0.2) is 56.2 Å². The van der Waals surface area contributed by atoms with Gasteiger partial charge in [-0.05, 0) is 43.4 Å². The van der Waals surface area contributed by atoms with Crippen molar-refractivity contribution in [2.24, 2.45) is 7.05 Å². The van der Waals surface area contributed by atoms with E-state index in [0.29, 0.717) is 17.0 Å². The molecule has 4 aromatic rings. The number of ether oxygens (including phenoxy) is 2. The second kappa shape index (κ2) is 7.56. The fraction of sp³-hybridized carbons (Fsp3) is 0.429. The van der Waals surface area contributed by atoms with Gasteiger partial charge in [0, 0.05) is 32.0 Å². The second-order valence-electron chi connectivity index (χ2n) is 7.65. The van der Waals surface area contributed by atoms with Crippen LogP contribution in [0.4, 0.5) is 5.95 Å². The highest BCUT2D eigenvalue weighted by Gasteiger charge is 2.23. The van der Waals surface area contributed by atoms with E-state index in [-0.39, 0.29) is 18.0 Å². The zero-order chi connectivity index (χ0) is 23.2. The zero-order valence-corrected chi connectivity index (χ0v) is 16.8. The first kappa shape index (κ1) is 15.6. The van der Waals surface area contributed by atoms with Gasteiger partial charge in [-0.3, -0.25) is 0 Å². The molecule has 0 saturated heterocycles. The van der Waals surface area contributed by atoms with Crippen molar-refractivity contribution in [3.63, 3.8) is 0 Å². The minimum Gasteiger partial charge on any atom is -0.480 e. The number of benzene rings is 1. The van der Waals surface area contributed by atoms with Crippen molar-refractivity contribution >= 4 is 28.0 Å². The molecule has 0 atom stereocenters. The average Bonchev–Trinajstić information content (AvgIpc) is 3.37. The van der Waals surface area contributed by atoms with Crippen LogP contribution < -0.4 is 10.1 Å². The summed E-state index contributed by atoms with van der Waals surface area (Å²) in [6.07, 6.45) is 5.80. The number of H-pyrrole nitrogens is 1. The third kappa shape index (κ3) is 3.24. The molecule has 0 amide bonds. The molecule has 9 heteroatoms. The highest BCUT2D eigenvalue weighted by atomic mass is 16.5. The number of hydrogen-bond donors (Lipinski definition) is 2. The molecule has 5 rings (SSSR count). The summed E-state index contributed by atoms with van der Waals surface area (Å²) >= 11 is 0. The van der Waals surface area contributed by atoms with Gasteiger partial charge < -0.3 is 19.8 Å². The summed E-state index contributed by atoms with van der Waals surface area (Å²) in [6, 6.07) is 5.90. The Labute approximate surface area is 178 Å². The number of aromatic amines is 1. The number of nitrogens with zero attached hydrogens (tertiary/aromatic N) is 5. The van der Waals surface area contributed by atoms with Gasteiger partial charge in [0.15, 0.2) is 0 Å². The van der Waals surface area contributed by atoms with Crippen molar-refractivity contribution < 1.29 is 13.6 Å². The number of nitrogens with one attached hydrogen (secondary N) is 2. The molecule has 0 aliphatic heterocycles. The number of fused-ring (bicyclic) bond motifs is 2. The Hall–Kier alpha value is -3.20. The van der Waals surface area contributed by atoms with Crippen LogP contribution in [0.3, 0.4) is 0 Å². The van der Waals surface area contributed by atoms with Crippen LogP contribution in [0.5, 0.6) is 5.88 Å². The average molecular weight is 410 g/mol. The number of hydrogen-bond acceptors (Lipinski definition) is 7. The number of aromatic nitrogens is 6. The molecule has 0 unspecified atom stereocenters. The first-order valence-electron chi connectivity index (χ1n) is 11.5. The predicted molar refractivity (Wildman–Crippen MR) is 115 cm³/mol. The van der Waals surface area contributed by atoms with Crippen LogP contribution in [-0.2, 0) is 11.8 Å². The van der Waals surface area contributed by atoms with E-state index in [2.05, 4.69) is 30.6 Å². The molecule has 1 fully saturated rings. The molecule has 9 nitrogen and oxygen atoms in total. The van der Waals surface area contributed by atoms with E-state index >= 15 is 0 Å². The summed E-state index contributed by atoms with van der Waals surface area (Å²) in [7, 11) is 0.900. The molecule has 0 radical (unpaired) electrons. The van der Waals surface area contributed by atoms with Crippen molar-refractivity contribution in [2.75, 3.05) is 19.5 Å². The summed E-state index contributed by atoms with van der Waals surface area (Å²) in [4.78, 5) is 12.2. The van der Waals surface area contributed by atoms with Gasteiger partial charge in [-0.15, -0.1) is 5.10 Å². The SMILES string of the molecule is [2H]C([2H])([2H])Oc1nc(N[C@H]2CC[C@@H](OC)CC2)nc2[nH]cc(-c3ccc4nnn(C)c4c3)c12. The van der Waals surface area contributed by atoms with E-state index in [1.807, 2.05) is 25.2 Å². The van der Waals surface area contributed by atoms with Crippen LogP contribution >= 0.6 is 0 Å². The molecule has 3 aromatic heterocycles. The maximum absolute atomic E-state index is 7.64. The second-order valence-corrected chi connectivity index (χ2v) is 7.65. The molecule has 0 spiro atoms. The van der Waals surface area contributed by atoms with Gasteiger partial charge in [-0.2, -0.15) is 9.97 Å². The Balaban J connectivity index is 1.54. The lowest BCUT2D eigenvalue weighted by Crippen LogP contribution is -2.29. The number of rotatable bonds is 5. The van der Waals surface area contributed by atoms with Crippen LogP contribution in [0.1, 0.15) is 29.8 Å². The van der Waals surface area contributed by atoms with E-state index < -0.39 is 7.04 Å². The Bertz CT molecular complexity index is 1290. The normalized spacial score (nSPS) is 21.3. The predicted octanol–water partition coefficient (Wildman–Crippen LogP) is 3.28. The third-order valence-corrected chi connectivity index (χ3v) is 5.86. The summed E-state index contributed by atoms with van der Waals surface area (Å²) in [5, 5.41) is 12.0. The van der Waals surface area contributed by atoms with Crippen LogP contribution in [0.15, 0.2) is 24.4 Å². The first-order valence-corrected chi connectivity index (χ1v) is 9.98. The van der Waals surface area contributed by atoms with Gasteiger partial charge in [0.05, 0.1) is 28.2 Å². The van der Waals surface area contributed by atoms with Gasteiger partial charge in [0.25, 0.3) is 0 Å². The van der Waals surface area contributed by atoms with Gasteiger partial charge in [0.1, 0.15) is 11.2 Å². The van der Waals surface area contributed by atoms with Crippen LogP contribution in [0, 0.1) is 0 Å². The van der Waals surface area contributed by atoms with Gasteiger partial charge in [0.2, 0.25) is 11.8 Å². The highest BCUT2D eigenvalue weighted by molar-refractivity contribution is 5.99. The molecule has 1 saturated carbocycles. The minimum absolute atomic E-state index is 0.00700. The lowest BCUT2D eigenvalue weighted by Gasteiger charge is -2.28. The molecule has 2 N–H and O–H groups in total. The number of anilines is 1. The Morgan fingerprint density at radius 3 is 2.90 bits per heavy atom. The summed E-state index contributed by atoms with van der Waals surface area (Å²) < 4.78 is 35.4. The molecule has 1 aromatic carbocycles. The van der Waals surface area contributed by atoms with Gasteiger partial charge in [-0.1, -0.05) is 11.3 Å². The topological polar surface area (TPSA) is 103 Å². The molecule has 3 heterocycles. The molecular weight excluding hydrogens is 382 g/mol. The van der Waals surface area contributed by atoms with E-state index in [9.17, 15) is 0 Å². The fourth-order valence-corrected chi connectivity index (χ4v) is 4.19. The third-order valence-electron chi connectivity index (χ3n) is 5.86. The van der Waals surface area contributed by atoms with E-state index in [1.165, 1.54) is 0 Å². The molecule has 30 heavy (non-hydrogen) atoms. The summed E-state index contributed by atoms with van der Waals surface area (Å²) in [5.74, 6) is 0.342. The van der Waals surface area contributed by atoms with Crippen molar-refractivity contribution in [3.05, 3.63) is 24.4 Å². The monoisotopic (exact) mass is 410 g/mol. The Morgan fingerprint density at radius 1 is 1.23 bits per heavy atom. The van der Waals surface area contributed by atoms with Crippen molar-refractivity contribution in [1.82, 2.24) is 29.9 Å². The maximum Gasteiger partial charge on any atom is 0.228 e. The van der Waals surface area contributed by atoms with Crippen LogP contribution in [0.2, 0.25) is 0 Å². The van der Waals surface area contributed by atoms with Crippen molar-refractivity contribution in [1.29, 1.82) is 0 Å². The maximum atomic E-state index is 7.64. The Morgan fingerprint density at radius 2 is 2.10 bits per heavy atom. The van der Waals surface area contributed by atoms with E-state index in [1.54, 1.807) is 18.0 Å². The lowest BCUT2D eigenvalue weighted by molar-refractivity contribution is 0.0681. The quantitative estimate of drug-likeness (QED) is 0.520. The van der Waals surface area contributed by atoms with Crippen molar-refractivity contribution in [2.45, 2.75) is 37.8 Å². The molecule has 1 aliphatic rings. The van der Waals surface area contributed by atoms with Crippen molar-refractivity contribution in [3.8, 4) is 17.0 Å². The Kier molecular flexibility index (Phi) is 3.94.